The Balaban J connectivity index is 1.56. The number of nitrogens with two attached hydrogens (primary N) is 1. The first kappa shape index (κ1) is 23.3. The Morgan fingerprint density at radius 2 is 1.82 bits per heavy atom. The molecule has 4 N–H and O–H groups in total. The number of sulfone groups is 1. The molecule has 0 aromatic heterocycles. The van der Waals surface area contributed by atoms with Crippen molar-refractivity contribution in [2.45, 2.75) is 56.0 Å². The average molecular weight is 469 g/mol. The normalized spacial score (nSPS) is 22.6. The van der Waals surface area contributed by atoms with Gasteiger partial charge >= 0.3 is 0 Å². The second kappa shape index (κ2) is 9.55. The maximum atomic E-state index is 13.3. The summed E-state index contributed by atoms with van der Waals surface area (Å²) in [5.41, 5.74) is 8.00. The SMILES string of the molecule is CC1CCC(NC(=O)C2Cc3ccc(C(=N)N)cc3N2CCS(=O)(=O)c2ccccc2)CC1. The molecule has 4 rings (SSSR count). The number of rotatable bonds is 7. The minimum atomic E-state index is -3.50. The van der Waals surface area contributed by atoms with Crippen LogP contribution in [0.3, 0.4) is 0 Å². The fourth-order valence-electron chi connectivity index (χ4n) is 4.83. The van der Waals surface area contributed by atoms with Crippen LogP contribution in [0.25, 0.3) is 0 Å². The van der Waals surface area contributed by atoms with Gasteiger partial charge in [-0.1, -0.05) is 37.3 Å². The molecule has 2 aromatic rings. The van der Waals surface area contributed by atoms with E-state index >= 15 is 0 Å². The molecular weight excluding hydrogens is 436 g/mol. The topological polar surface area (TPSA) is 116 Å². The number of benzene rings is 2. The molecule has 2 aromatic carbocycles. The van der Waals surface area contributed by atoms with E-state index in [1.54, 1.807) is 42.5 Å². The fraction of sp³-hybridized carbons (Fsp3) is 0.440. The summed E-state index contributed by atoms with van der Waals surface area (Å²) in [5, 5.41) is 11.0. The molecule has 1 amide bonds. The molecule has 1 atom stereocenters. The lowest BCUT2D eigenvalue weighted by molar-refractivity contribution is -0.123. The average Bonchev–Trinajstić information content (AvgIpc) is 3.18. The van der Waals surface area contributed by atoms with Gasteiger partial charge in [-0.15, -0.1) is 0 Å². The standard InChI is InChI=1S/C25H32N4O3S/c1-17-7-11-20(12-8-17)28-25(30)23-15-18-9-10-19(24(26)27)16-22(18)29(23)13-14-33(31,32)21-5-3-2-4-6-21/h2-6,9-10,16-17,20,23H,7-8,11-15H2,1H3,(H3,26,27)(H,28,30). The third-order valence-electron chi connectivity index (χ3n) is 6.86. The minimum absolute atomic E-state index is 0.0566. The van der Waals surface area contributed by atoms with Crippen molar-refractivity contribution in [1.82, 2.24) is 5.32 Å². The molecule has 7 nitrogen and oxygen atoms in total. The second-order valence-corrected chi connectivity index (χ2v) is 11.4. The highest BCUT2D eigenvalue weighted by Crippen LogP contribution is 2.34. The highest BCUT2D eigenvalue weighted by molar-refractivity contribution is 7.91. The van der Waals surface area contributed by atoms with Crippen molar-refractivity contribution in [3.05, 3.63) is 59.7 Å². The van der Waals surface area contributed by atoms with Crippen LogP contribution in [-0.2, 0) is 21.1 Å². The first-order valence-electron chi connectivity index (χ1n) is 11.6. The number of hydrogen-bond donors (Lipinski definition) is 3. The van der Waals surface area contributed by atoms with Crippen LogP contribution < -0.4 is 16.0 Å². The summed E-state index contributed by atoms with van der Waals surface area (Å²) >= 11 is 0. The van der Waals surface area contributed by atoms with Crippen LogP contribution in [0.1, 0.15) is 43.7 Å². The number of hydrogen-bond acceptors (Lipinski definition) is 5. The van der Waals surface area contributed by atoms with Crippen LogP contribution in [-0.4, -0.2) is 44.5 Å². The predicted molar refractivity (Wildman–Crippen MR) is 130 cm³/mol. The van der Waals surface area contributed by atoms with Crippen LogP contribution in [0, 0.1) is 11.3 Å². The van der Waals surface area contributed by atoms with Crippen LogP contribution in [0.2, 0.25) is 0 Å². The van der Waals surface area contributed by atoms with Crippen LogP contribution in [0.4, 0.5) is 5.69 Å². The van der Waals surface area contributed by atoms with E-state index in [1.807, 2.05) is 11.0 Å². The molecule has 8 heteroatoms. The third kappa shape index (κ3) is 5.21. The second-order valence-electron chi connectivity index (χ2n) is 9.27. The molecule has 0 radical (unpaired) electrons. The van der Waals surface area contributed by atoms with E-state index in [0.717, 1.165) is 36.9 Å². The van der Waals surface area contributed by atoms with Crippen molar-refractivity contribution < 1.29 is 13.2 Å². The van der Waals surface area contributed by atoms with Gasteiger partial charge in [0, 0.05) is 30.3 Å². The number of anilines is 1. The number of carbonyl (C=O) groups is 1. The Morgan fingerprint density at radius 1 is 1.12 bits per heavy atom. The van der Waals surface area contributed by atoms with Crippen molar-refractivity contribution in [1.29, 1.82) is 5.41 Å². The van der Waals surface area contributed by atoms with Crippen molar-refractivity contribution in [2.24, 2.45) is 11.7 Å². The van der Waals surface area contributed by atoms with E-state index < -0.39 is 15.9 Å². The largest absolute Gasteiger partial charge is 0.384 e. The van der Waals surface area contributed by atoms with Gasteiger partial charge in [-0.2, -0.15) is 0 Å². The van der Waals surface area contributed by atoms with Gasteiger partial charge in [-0.3, -0.25) is 10.2 Å². The summed E-state index contributed by atoms with van der Waals surface area (Å²) in [6.07, 6.45) is 4.68. The molecule has 0 spiro atoms. The van der Waals surface area contributed by atoms with Gasteiger partial charge in [0.25, 0.3) is 0 Å². The summed E-state index contributed by atoms with van der Waals surface area (Å²) in [7, 11) is -3.50. The third-order valence-corrected chi connectivity index (χ3v) is 8.57. The van der Waals surface area contributed by atoms with E-state index in [4.69, 9.17) is 11.1 Å². The maximum absolute atomic E-state index is 13.3. The number of nitrogen functional groups attached to an aromatic ring is 1. The molecule has 33 heavy (non-hydrogen) atoms. The highest BCUT2D eigenvalue weighted by Gasteiger charge is 2.36. The molecule has 1 aliphatic carbocycles. The van der Waals surface area contributed by atoms with Gasteiger partial charge in [0.05, 0.1) is 10.6 Å². The van der Waals surface area contributed by atoms with Gasteiger partial charge in [-0.25, -0.2) is 8.42 Å². The zero-order valence-electron chi connectivity index (χ0n) is 19.0. The van der Waals surface area contributed by atoms with Crippen LogP contribution >= 0.6 is 0 Å². The maximum Gasteiger partial charge on any atom is 0.243 e. The fourth-order valence-corrected chi connectivity index (χ4v) is 6.08. The van der Waals surface area contributed by atoms with E-state index in [2.05, 4.69) is 12.2 Å². The highest BCUT2D eigenvalue weighted by atomic mass is 32.2. The summed E-state index contributed by atoms with van der Waals surface area (Å²) in [6, 6.07) is 13.5. The Labute approximate surface area is 195 Å². The van der Waals surface area contributed by atoms with Gasteiger partial charge in [0.15, 0.2) is 9.84 Å². The van der Waals surface area contributed by atoms with E-state index in [-0.39, 0.29) is 35.0 Å². The minimum Gasteiger partial charge on any atom is -0.384 e. The molecule has 1 heterocycles. The lowest BCUT2D eigenvalue weighted by atomic mass is 9.87. The molecular formula is C25H32N4O3S. The van der Waals surface area contributed by atoms with Gasteiger partial charge in [0.1, 0.15) is 11.9 Å². The number of fused-ring (bicyclic) bond motifs is 1. The van der Waals surface area contributed by atoms with Crippen LogP contribution in [0.15, 0.2) is 53.4 Å². The summed E-state index contributed by atoms with van der Waals surface area (Å²) < 4.78 is 25.8. The number of amidine groups is 1. The predicted octanol–water partition coefficient (Wildman–Crippen LogP) is 2.87. The summed E-state index contributed by atoms with van der Waals surface area (Å²) in [5.74, 6) is 0.468. The smallest absolute Gasteiger partial charge is 0.243 e. The number of nitrogens with one attached hydrogen (secondary N) is 2. The van der Waals surface area contributed by atoms with Gasteiger partial charge < -0.3 is 16.0 Å². The lowest BCUT2D eigenvalue weighted by Crippen LogP contribution is -2.50. The quantitative estimate of drug-likeness (QED) is 0.427. The van der Waals surface area contributed by atoms with Crippen molar-refractivity contribution in [2.75, 3.05) is 17.2 Å². The summed E-state index contributed by atoms with van der Waals surface area (Å²) in [4.78, 5) is 15.5. The Kier molecular flexibility index (Phi) is 6.74. The first-order valence-corrected chi connectivity index (χ1v) is 13.2. The van der Waals surface area contributed by atoms with Crippen molar-refractivity contribution in [3.8, 4) is 0 Å². The van der Waals surface area contributed by atoms with Gasteiger partial charge in [0.2, 0.25) is 5.91 Å². The summed E-state index contributed by atoms with van der Waals surface area (Å²) in [6.45, 7) is 2.43. The van der Waals surface area contributed by atoms with Gasteiger partial charge in [-0.05, 0) is 55.4 Å². The Bertz CT molecular complexity index is 1130. The Hall–Kier alpha value is -2.87. The zero-order chi connectivity index (χ0) is 23.6. The molecule has 176 valence electrons. The zero-order valence-corrected chi connectivity index (χ0v) is 19.8. The monoisotopic (exact) mass is 468 g/mol. The molecule has 1 aliphatic heterocycles. The van der Waals surface area contributed by atoms with E-state index in [1.165, 1.54) is 0 Å². The molecule has 0 bridgehead atoms. The van der Waals surface area contributed by atoms with Crippen molar-refractivity contribution in [3.63, 3.8) is 0 Å². The lowest BCUT2D eigenvalue weighted by Gasteiger charge is -2.31. The number of nitrogens with zero attached hydrogens (tertiary/aromatic N) is 1. The number of carbonyl (C=O) groups excluding carboxylic acids is 1. The van der Waals surface area contributed by atoms with E-state index in [9.17, 15) is 13.2 Å². The molecule has 0 saturated heterocycles. The molecule has 1 fully saturated rings. The molecule has 2 aliphatic rings. The molecule has 1 unspecified atom stereocenters. The van der Waals surface area contributed by atoms with E-state index in [0.29, 0.717) is 17.9 Å². The van der Waals surface area contributed by atoms with Crippen molar-refractivity contribution >= 4 is 27.3 Å². The number of amides is 1. The van der Waals surface area contributed by atoms with Crippen LogP contribution in [0.5, 0.6) is 0 Å². The Morgan fingerprint density at radius 3 is 2.48 bits per heavy atom. The first-order chi connectivity index (χ1) is 15.7. The molecule has 1 saturated carbocycles.